The quantitative estimate of drug-likeness (QED) is 0.531. The second-order valence-corrected chi connectivity index (χ2v) is 7.73. The summed E-state index contributed by atoms with van der Waals surface area (Å²) in [7, 11) is -3.80. The summed E-state index contributed by atoms with van der Waals surface area (Å²) in [6.07, 6.45) is 1.01. The molecule has 6 nitrogen and oxygen atoms in total. The van der Waals surface area contributed by atoms with Crippen LogP contribution in [-0.2, 0) is 10.0 Å². The highest BCUT2D eigenvalue weighted by Gasteiger charge is 2.18. The van der Waals surface area contributed by atoms with Gasteiger partial charge in [0.1, 0.15) is 0 Å². The molecule has 148 valence electrons. The Hall–Kier alpha value is -1.80. The number of nitrogens with one attached hydrogen (secondary N) is 3. The van der Waals surface area contributed by atoms with Crippen LogP contribution < -0.4 is 15.4 Å². The molecule has 0 aliphatic carbocycles. The molecule has 0 atom stereocenters. The number of halogens is 2. The molecule has 0 spiro atoms. The van der Waals surface area contributed by atoms with Crippen molar-refractivity contribution in [2.24, 2.45) is 0 Å². The lowest BCUT2D eigenvalue weighted by molar-refractivity contribution is 0.0955. The lowest BCUT2D eigenvalue weighted by atomic mass is 10.1. The highest BCUT2D eigenvalue weighted by atomic mass is 35.5. The van der Waals surface area contributed by atoms with Gasteiger partial charge in [-0.05, 0) is 43.3 Å². The van der Waals surface area contributed by atoms with E-state index in [1.807, 2.05) is 0 Å². The molecule has 0 aliphatic heterocycles. The maximum absolute atomic E-state index is 12.5. The van der Waals surface area contributed by atoms with Gasteiger partial charge < -0.3 is 10.6 Å². The molecule has 2 rings (SSSR count). The van der Waals surface area contributed by atoms with Crippen molar-refractivity contribution < 1.29 is 13.2 Å². The minimum atomic E-state index is -3.80. The van der Waals surface area contributed by atoms with Crippen molar-refractivity contribution in [2.75, 3.05) is 24.4 Å². The molecule has 0 heterocycles. The first-order valence-electron chi connectivity index (χ1n) is 8.30. The Labute approximate surface area is 171 Å². The Morgan fingerprint density at radius 1 is 1.04 bits per heavy atom. The molecular weight excluding hydrogens is 409 g/mol. The monoisotopic (exact) mass is 431 g/mol. The van der Waals surface area contributed by atoms with Crippen LogP contribution >= 0.6 is 24.0 Å². The van der Waals surface area contributed by atoms with Crippen LogP contribution in [-0.4, -0.2) is 34.0 Å². The average Bonchev–Trinajstić information content (AvgIpc) is 2.63. The van der Waals surface area contributed by atoms with Crippen molar-refractivity contribution in [1.82, 2.24) is 10.6 Å². The summed E-state index contributed by atoms with van der Waals surface area (Å²) < 4.78 is 27.5. The predicted octanol–water partition coefficient (Wildman–Crippen LogP) is 3.29. The second-order valence-electron chi connectivity index (χ2n) is 5.61. The van der Waals surface area contributed by atoms with Gasteiger partial charge in [0.25, 0.3) is 15.9 Å². The molecule has 2 aromatic carbocycles. The first-order chi connectivity index (χ1) is 12.4. The Balaban J connectivity index is 0.00000364. The van der Waals surface area contributed by atoms with Crippen molar-refractivity contribution in [3.63, 3.8) is 0 Å². The van der Waals surface area contributed by atoms with Crippen LogP contribution in [0.15, 0.2) is 53.4 Å². The molecule has 0 saturated carbocycles. The maximum Gasteiger partial charge on any atom is 0.261 e. The average molecular weight is 432 g/mol. The molecule has 0 aromatic heterocycles. The Morgan fingerprint density at radius 2 is 1.74 bits per heavy atom. The number of benzene rings is 2. The van der Waals surface area contributed by atoms with Gasteiger partial charge in [-0.15, -0.1) is 12.4 Å². The highest BCUT2D eigenvalue weighted by molar-refractivity contribution is 7.92. The fourth-order valence-corrected chi connectivity index (χ4v) is 3.53. The van der Waals surface area contributed by atoms with Crippen LogP contribution in [0.1, 0.15) is 23.7 Å². The lowest BCUT2D eigenvalue weighted by Gasteiger charge is -2.13. The van der Waals surface area contributed by atoms with Gasteiger partial charge in [0.2, 0.25) is 0 Å². The number of anilines is 1. The largest absolute Gasteiger partial charge is 0.351 e. The second kappa shape index (κ2) is 11.1. The Morgan fingerprint density at radius 3 is 2.41 bits per heavy atom. The van der Waals surface area contributed by atoms with E-state index in [2.05, 4.69) is 22.3 Å². The minimum Gasteiger partial charge on any atom is -0.351 e. The van der Waals surface area contributed by atoms with Gasteiger partial charge in [-0.2, -0.15) is 0 Å². The van der Waals surface area contributed by atoms with E-state index in [1.165, 1.54) is 30.3 Å². The smallest absolute Gasteiger partial charge is 0.261 e. The van der Waals surface area contributed by atoms with Gasteiger partial charge >= 0.3 is 0 Å². The summed E-state index contributed by atoms with van der Waals surface area (Å²) in [5.41, 5.74) is 0.352. The number of rotatable bonds is 9. The van der Waals surface area contributed by atoms with Crippen molar-refractivity contribution in [1.29, 1.82) is 0 Å². The molecule has 0 unspecified atom stereocenters. The Bertz CT molecular complexity index is 846. The first kappa shape index (κ1) is 23.2. The molecule has 0 aliphatic rings. The van der Waals surface area contributed by atoms with E-state index < -0.39 is 15.9 Å². The van der Waals surface area contributed by atoms with Gasteiger partial charge in [-0.25, -0.2) is 8.42 Å². The summed E-state index contributed by atoms with van der Waals surface area (Å²) >= 11 is 5.98. The molecule has 27 heavy (non-hydrogen) atoms. The van der Waals surface area contributed by atoms with Gasteiger partial charge in [0.05, 0.1) is 16.1 Å². The molecule has 9 heteroatoms. The summed E-state index contributed by atoms with van der Waals surface area (Å²) in [5, 5.41) is 6.28. The van der Waals surface area contributed by atoms with E-state index in [9.17, 15) is 13.2 Å². The van der Waals surface area contributed by atoms with E-state index in [0.717, 1.165) is 13.0 Å². The van der Waals surface area contributed by atoms with Crippen molar-refractivity contribution in [2.45, 2.75) is 18.2 Å². The third-order valence-corrected chi connectivity index (χ3v) is 5.15. The van der Waals surface area contributed by atoms with Crippen molar-refractivity contribution in [3.8, 4) is 0 Å². The molecular formula is C18H23Cl2N3O3S. The number of hydrogen-bond donors (Lipinski definition) is 3. The van der Waals surface area contributed by atoms with E-state index in [-0.39, 0.29) is 28.6 Å². The third-order valence-electron chi connectivity index (χ3n) is 3.54. The van der Waals surface area contributed by atoms with Crippen LogP contribution in [0.2, 0.25) is 5.02 Å². The minimum absolute atomic E-state index is 0. The molecule has 0 radical (unpaired) electrons. The number of amides is 1. The zero-order valence-electron chi connectivity index (χ0n) is 14.9. The normalized spacial score (nSPS) is 10.7. The first-order valence-corrected chi connectivity index (χ1v) is 10.2. The number of carbonyl (C=O) groups is 1. The van der Waals surface area contributed by atoms with E-state index >= 15 is 0 Å². The fraction of sp³-hybridized carbons (Fsp3) is 0.278. The molecule has 1 amide bonds. The lowest BCUT2D eigenvalue weighted by Crippen LogP contribution is -2.32. The topological polar surface area (TPSA) is 87.3 Å². The van der Waals surface area contributed by atoms with Crippen molar-refractivity contribution >= 4 is 45.6 Å². The number of sulfonamides is 1. The fourth-order valence-electron chi connectivity index (χ4n) is 2.26. The van der Waals surface area contributed by atoms with Crippen LogP contribution in [0, 0.1) is 0 Å². The van der Waals surface area contributed by atoms with E-state index in [4.69, 9.17) is 11.6 Å². The van der Waals surface area contributed by atoms with Gasteiger partial charge in [-0.3, -0.25) is 9.52 Å². The van der Waals surface area contributed by atoms with Gasteiger partial charge in [-0.1, -0.05) is 36.7 Å². The third kappa shape index (κ3) is 7.03. The highest BCUT2D eigenvalue weighted by Crippen LogP contribution is 2.23. The standard InChI is InChI=1S/C18H22ClN3O3S.ClH/c1-2-10-20-11-12-21-18(23)16-13-14(19)8-9-17(16)22-26(24,25)15-6-4-3-5-7-15;/h3-9,13,20,22H,2,10-12H2,1H3,(H,21,23);1H. The van der Waals surface area contributed by atoms with Crippen molar-refractivity contribution in [3.05, 3.63) is 59.1 Å². The molecule has 0 fully saturated rings. The Kier molecular flexibility index (Phi) is 9.59. The van der Waals surface area contributed by atoms with Gasteiger partial charge in [0, 0.05) is 18.1 Å². The summed E-state index contributed by atoms with van der Waals surface area (Å²) in [6.45, 7) is 3.99. The number of carbonyl (C=O) groups excluding carboxylic acids is 1. The van der Waals surface area contributed by atoms with E-state index in [0.29, 0.717) is 18.1 Å². The SMILES string of the molecule is CCCNCCNC(=O)c1cc(Cl)ccc1NS(=O)(=O)c1ccccc1.Cl. The number of hydrogen-bond acceptors (Lipinski definition) is 4. The summed E-state index contributed by atoms with van der Waals surface area (Å²) in [5.74, 6) is -0.392. The van der Waals surface area contributed by atoms with Crippen LogP contribution in [0.4, 0.5) is 5.69 Å². The molecule has 2 aromatic rings. The van der Waals surface area contributed by atoms with Crippen LogP contribution in [0.5, 0.6) is 0 Å². The summed E-state index contributed by atoms with van der Waals surface area (Å²) in [4.78, 5) is 12.6. The van der Waals surface area contributed by atoms with Gasteiger partial charge in [0.15, 0.2) is 0 Å². The van der Waals surface area contributed by atoms with E-state index in [1.54, 1.807) is 18.2 Å². The molecule has 3 N–H and O–H groups in total. The maximum atomic E-state index is 12.5. The molecule has 0 bridgehead atoms. The zero-order chi connectivity index (χ0) is 19.0. The summed E-state index contributed by atoms with van der Waals surface area (Å²) in [6, 6.07) is 12.4. The molecule has 0 saturated heterocycles. The van der Waals surface area contributed by atoms with Crippen LogP contribution in [0.25, 0.3) is 0 Å². The predicted molar refractivity (Wildman–Crippen MR) is 111 cm³/mol. The zero-order valence-corrected chi connectivity index (χ0v) is 17.3. The van der Waals surface area contributed by atoms with Crippen LogP contribution in [0.3, 0.4) is 0 Å².